The number of hydrogen-bond acceptors (Lipinski definition) is 9. The molecule has 2 fully saturated rings. The third-order valence-corrected chi connectivity index (χ3v) is 11.1. The topological polar surface area (TPSA) is 121 Å². The number of rotatable bonds is 8. The number of fused-ring (bicyclic) bond motifs is 3. The molecule has 1 aliphatic carbocycles. The number of Topliss-reactive ketones (excluding diaryl/α,β-unsaturated/α-hetero) is 1. The lowest BCUT2D eigenvalue weighted by atomic mass is 9.79. The number of allylic oxidation sites excluding steroid dienone is 5. The zero-order valence-corrected chi connectivity index (χ0v) is 30.4. The van der Waals surface area contributed by atoms with Crippen molar-refractivity contribution in [3.8, 4) is 6.01 Å². The van der Waals surface area contributed by atoms with Crippen molar-refractivity contribution in [3.63, 3.8) is 0 Å². The number of anilines is 1. The Morgan fingerprint density at radius 2 is 2.02 bits per heavy atom. The number of aryl methyl sites for hydroxylation is 1. The van der Waals surface area contributed by atoms with Crippen LogP contribution in [0.25, 0.3) is 27.5 Å². The lowest BCUT2D eigenvalue weighted by Crippen LogP contribution is -2.43. The second-order valence-electron chi connectivity index (χ2n) is 14.6. The number of aromatic nitrogens is 2. The van der Waals surface area contributed by atoms with Crippen molar-refractivity contribution in [2.24, 2.45) is 16.6 Å². The van der Waals surface area contributed by atoms with Crippen LogP contribution in [0, 0.1) is 17.1 Å². The molecule has 0 bridgehead atoms. The monoisotopic (exact) mass is 689 g/mol. The average Bonchev–Trinajstić information content (AvgIpc) is 3.53. The van der Waals surface area contributed by atoms with Crippen LogP contribution < -0.4 is 15.4 Å². The Hall–Kier alpha value is -4.70. The lowest BCUT2D eigenvalue weighted by molar-refractivity contribution is -0.113. The molecule has 2 atom stereocenters. The first-order chi connectivity index (χ1) is 24.5. The Morgan fingerprint density at radius 3 is 2.78 bits per heavy atom. The number of nitrogens with zero attached hydrogens (tertiary/aromatic N) is 5. The number of hydrogen-bond donors (Lipinski definition) is 2. The van der Waals surface area contributed by atoms with Gasteiger partial charge in [0.2, 0.25) is 0 Å². The highest BCUT2D eigenvalue weighted by atomic mass is 19.1. The van der Waals surface area contributed by atoms with E-state index in [0.717, 1.165) is 71.8 Å². The van der Waals surface area contributed by atoms with E-state index in [4.69, 9.17) is 25.4 Å². The summed E-state index contributed by atoms with van der Waals surface area (Å²) in [7, 11) is 0. The Labute approximate surface area is 299 Å². The summed E-state index contributed by atoms with van der Waals surface area (Å²) in [6.45, 7) is 14.0. The van der Waals surface area contributed by atoms with Gasteiger partial charge < -0.3 is 15.4 Å². The van der Waals surface area contributed by atoms with E-state index in [1.807, 2.05) is 51.1 Å². The zero-order valence-electron chi connectivity index (χ0n) is 30.4. The number of ketones is 1. The van der Waals surface area contributed by atoms with Gasteiger partial charge in [0.1, 0.15) is 18.2 Å². The molecular weight excluding hydrogens is 641 g/mol. The van der Waals surface area contributed by atoms with Crippen molar-refractivity contribution in [1.82, 2.24) is 14.9 Å². The summed E-state index contributed by atoms with van der Waals surface area (Å²) in [4.78, 5) is 31.8. The van der Waals surface area contributed by atoms with E-state index in [-0.39, 0.29) is 22.8 Å². The summed E-state index contributed by atoms with van der Waals surface area (Å²) in [6.07, 6.45) is 8.23. The standard InChI is InChI=1S/C41H48FN7O2/c1-6-29-32(42)14-13-27-11-8-12-31(35(27)29)34-25(4)38-36(30(7-2)37(34)44)39(48-17-10-16-45-28(22-48)19-33(43)26(5)50)47-40(46-38)51-23-41-15-9-18-49(41)21-24(3)20-41/h7-8,11-14,19,24,44H,6,9-10,15-18,20-23,43H2,1-5H3/b30-7-,33-19-,44-37?. The van der Waals surface area contributed by atoms with Gasteiger partial charge in [-0.1, -0.05) is 44.2 Å². The molecule has 2 saturated heterocycles. The first kappa shape index (κ1) is 34.7. The van der Waals surface area contributed by atoms with Gasteiger partial charge in [0.05, 0.1) is 40.5 Å². The molecule has 266 valence electrons. The SMILES string of the molecule is C/C=C1\C(=N)C(c2cccc3ccc(F)c(CC)c23)=C(C)c2nc(OCC34CCCN3CC(C)C4)nc(N3CCCN=C(/C=C(\N)C(C)=O)C3)c21. The smallest absolute Gasteiger partial charge is 0.319 e. The second-order valence-corrected chi connectivity index (χ2v) is 14.6. The maximum Gasteiger partial charge on any atom is 0.319 e. The Morgan fingerprint density at radius 1 is 1.20 bits per heavy atom. The van der Waals surface area contributed by atoms with Gasteiger partial charge in [0.25, 0.3) is 0 Å². The molecule has 0 amide bonds. The van der Waals surface area contributed by atoms with Crippen molar-refractivity contribution in [1.29, 1.82) is 5.41 Å². The van der Waals surface area contributed by atoms with Crippen molar-refractivity contribution in [2.45, 2.75) is 72.3 Å². The lowest BCUT2D eigenvalue weighted by Gasteiger charge is -2.33. The van der Waals surface area contributed by atoms with E-state index in [9.17, 15) is 10.2 Å². The maximum absolute atomic E-state index is 15.3. The second kappa shape index (κ2) is 13.8. The minimum absolute atomic E-state index is 0.0213. The van der Waals surface area contributed by atoms with E-state index in [1.54, 1.807) is 6.08 Å². The fraction of sp³-hybridized carbons (Fsp3) is 0.439. The number of carbonyl (C=O) groups is 1. The summed E-state index contributed by atoms with van der Waals surface area (Å²) >= 11 is 0. The highest BCUT2D eigenvalue weighted by molar-refractivity contribution is 6.50. The number of nitrogens with one attached hydrogen (secondary N) is 1. The van der Waals surface area contributed by atoms with Crippen LogP contribution >= 0.6 is 0 Å². The van der Waals surface area contributed by atoms with Gasteiger partial charge >= 0.3 is 6.01 Å². The molecule has 3 aromatic rings. The van der Waals surface area contributed by atoms with Crippen LogP contribution in [-0.4, -0.2) is 76.9 Å². The van der Waals surface area contributed by atoms with Gasteiger partial charge in [-0.15, -0.1) is 0 Å². The van der Waals surface area contributed by atoms with Crippen LogP contribution in [0.1, 0.15) is 82.7 Å². The minimum Gasteiger partial charge on any atom is -0.461 e. The van der Waals surface area contributed by atoms with Gasteiger partial charge in [-0.05, 0) is 98.0 Å². The van der Waals surface area contributed by atoms with Crippen LogP contribution in [0.3, 0.4) is 0 Å². The fourth-order valence-electron chi connectivity index (χ4n) is 8.80. The number of aliphatic imine (C=N–C) groups is 1. The normalized spacial score (nSPS) is 23.5. The van der Waals surface area contributed by atoms with Crippen LogP contribution in [0.4, 0.5) is 10.2 Å². The fourth-order valence-corrected chi connectivity index (χ4v) is 8.80. The molecule has 0 spiro atoms. The van der Waals surface area contributed by atoms with E-state index in [0.29, 0.717) is 78.7 Å². The molecule has 2 unspecified atom stereocenters. The maximum atomic E-state index is 15.3. The third-order valence-electron chi connectivity index (χ3n) is 11.1. The number of halogens is 1. The van der Waals surface area contributed by atoms with Crippen molar-refractivity contribution in [2.75, 3.05) is 44.2 Å². The average molecular weight is 690 g/mol. The van der Waals surface area contributed by atoms with E-state index in [2.05, 4.69) is 16.7 Å². The quantitative estimate of drug-likeness (QED) is 0.244. The molecule has 3 N–H and O–H groups in total. The first-order valence-corrected chi connectivity index (χ1v) is 18.3. The molecule has 2 aromatic carbocycles. The Balaban J connectivity index is 1.41. The van der Waals surface area contributed by atoms with Crippen LogP contribution in [0.5, 0.6) is 6.01 Å². The number of nitrogens with two attached hydrogens (primary N) is 1. The van der Waals surface area contributed by atoms with E-state index >= 15 is 4.39 Å². The Kier molecular flexibility index (Phi) is 9.39. The molecule has 0 radical (unpaired) electrons. The highest BCUT2D eigenvalue weighted by Gasteiger charge is 2.48. The molecule has 3 aliphatic heterocycles. The minimum atomic E-state index is -0.246. The molecule has 7 rings (SSSR count). The summed E-state index contributed by atoms with van der Waals surface area (Å²) in [5.74, 6) is 0.815. The van der Waals surface area contributed by atoms with Gasteiger partial charge in [0, 0.05) is 37.7 Å². The summed E-state index contributed by atoms with van der Waals surface area (Å²) in [6, 6.07) is 9.60. The highest BCUT2D eigenvalue weighted by Crippen LogP contribution is 2.46. The molecule has 4 heterocycles. The first-order valence-electron chi connectivity index (χ1n) is 18.3. The van der Waals surface area contributed by atoms with E-state index in [1.165, 1.54) is 13.0 Å². The van der Waals surface area contributed by atoms with Gasteiger partial charge in [0.15, 0.2) is 5.78 Å². The molecule has 9 nitrogen and oxygen atoms in total. The molecule has 1 aromatic heterocycles. The molecular formula is C41H48FN7O2. The molecule has 51 heavy (non-hydrogen) atoms. The molecule has 4 aliphatic rings. The molecule has 10 heteroatoms. The van der Waals surface area contributed by atoms with Crippen LogP contribution in [0.15, 0.2) is 53.2 Å². The van der Waals surface area contributed by atoms with Gasteiger partial charge in [-0.3, -0.25) is 20.1 Å². The van der Waals surface area contributed by atoms with Crippen LogP contribution in [-0.2, 0) is 11.2 Å². The number of ether oxygens (including phenoxy) is 1. The summed E-state index contributed by atoms with van der Waals surface area (Å²) < 4.78 is 22.0. The summed E-state index contributed by atoms with van der Waals surface area (Å²) in [5, 5.41) is 11.5. The van der Waals surface area contributed by atoms with Crippen molar-refractivity contribution < 1.29 is 13.9 Å². The van der Waals surface area contributed by atoms with Crippen LogP contribution in [0.2, 0.25) is 0 Å². The van der Waals surface area contributed by atoms with Gasteiger partial charge in [-0.25, -0.2) is 4.39 Å². The largest absolute Gasteiger partial charge is 0.461 e. The van der Waals surface area contributed by atoms with Gasteiger partial charge in [-0.2, -0.15) is 9.97 Å². The number of carbonyl (C=O) groups excluding carboxylic acids is 1. The Bertz CT molecular complexity index is 2060. The van der Waals surface area contributed by atoms with E-state index < -0.39 is 0 Å². The summed E-state index contributed by atoms with van der Waals surface area (Å²) in [5.41, 5.74) is 12.4. The predicted octanol–water partition coefficient (Wildman–Crippen LogP) is 7.03. The molecule has 0 saturated carbocycles. The van der Waals surface area contributed by atoms with Crippen molar-refractivity contribution in [3.05, 3.63) is 76.4 Å². The number of benzene rings is 2. The van der Waals surface area contributed by atoms with Crippen molar-refractivity contribution >= 4 is 50.5 Å². The zero-order chi connectivity index (χ0) is 36.0. The third kappa shape index (κ3) is 6.17. The predicted molar refractivity (Wildman–Crippen MR) is 204 cm³/mol.